The predicted molar refractivity (Wildman–Crippen MR) is 63.7 cm³/mol. The predicted octanol–water partition coefficient (Wildman–Crippen LogP) is 1.85. The number of hydrogen-bond donors (Lipinski definition) is 2. The van der Waals surface area contributed by atoms with E-state index >= 15 is 0 Å². The zero-order valence-electron chi connectivity index (χ0n) is 9.60. The SMILES string of the molecule is C/C(N)=C/C(=O)CC(O)c1ccc(C)cc1. The van der Waals surface area contributed by atoms with Gasteiger partial charge in [0.15, 0.2) is 5.78 Å². The highest BCUT2D eigenvalue weighted by Gasteiger charge is 2.11. The van der Waals surface area contributed by atoms with Gasteiger partial charge in [0.25, 0.3) is 0 Å². The van der Waals surface area contributed by atoms with Crippen LogP contribution in [-0.4, -0.2) is 10.9 Å². The fourth-order valence-electron chi connectivity index (χ4n) is 1.41. The Morgan fingerprint density at radius 3 is 2.50 bits per heavy atom. The maximum Gasteiger partial charge on any atom is 0.160 e. The first kappa shape index (κ1) is 12.5. The second kappa shape index (κ2) is 5.47. The standard InChI is InChI=1S/C13H17NO2/c1-9-3-5-11(6-4-9)13(16)8-12(15)7-10(2)14/h3-7,13,16H,8,14H2,1-2H3/b10-7-. The number of ketones is 1. The molecule has 1 aromatic carbocycles. The quantitative estimate of drug-likeness (QED) is 0.760. The number of rotatable bonds is 4. The summed E-state index contributed by atoms with van der Waals surface area (Å²) in [6, 6.07) is 7.47. The molecule has 0 radical (unpaired) electrons. The Balaban J connectivity index is 2.65. The van der Waals surface area contributed by atoms with Crippen molar-refractivity contribution in [3.63, 3.8) is 0 Å². The number of nitrogens with two attached hydrogens (primary N) is 1. The Kier molecular flexibility index (Phi) is 4.26. The molecule has 3 nitrogen and oxygen atoms in total. The van der Waals surface area contributed by atoms with E-state index in [1.807, 2.05) is 31.2 Å². The zero-order chi connectivity index (χ0) is 12.1. The molecule has 1 unspecified atom stereocenters. The summed E-state index contributed by atoms with van der Waals surface area (Å²) in [6.45, 7) is 3.62. The summed E-state index contributed by atoms with van der Waals surface area (Å²) in [6.07, 6.45) is 0.651. The summed E-state index contributed by atoms with van der Waals surface area (Å²) >= 11 is 0. The average molecular weight is 219 g/mol. The molecule has 0 saturated heterocycles. The third-order valence-corrected chi connectivity index (χ3v) is 2.25. The number of carbonyl (C=O) groups excluding carboxylic acids is 1. The number of carbonyl (C=O) groups is 1. The minimum atomic E-state index is -0.760. The van der Waals surface area contributed by atoms with Gasteiger partial charge in [-0.1, -0.05) is 29.8 Å². The maximum atomic E-state index is 11.4. The fourth-order valence-corrected chi connectivity index (χ4v) is 1.41. The molecule has 0 saturated carbocycles. The lowest BCUT2D eigenvalue weighted by Gasteiger charge is -2.09. The molecule has 1 rings (SSSR count). The highest BCUT2D eigenvalue weighted by Crippen LogP contribution is 2.17. The van der Waals surface area contributed by atoms with Gasteiger partial charge in [-0.2, -0.15) is 0 Å². The van der Waals surface area contributed by atoms with Crippen molar-refractivity contribution in [2.24, 2.45) is 5.73 Å². The van der Waals surface area contributed by atoms with Gasteiger partial charge in [-0.25, -0.2) is 0 Å². The molecule has 86 valence electrons. The Hall–Kier alpha value is -1.61. The van der Waals surface area contributed by atoms with Crippen molar-refractivity contribution in [3.05, 3.63) is 47.2 Å². The molecule has 0 heterocycles. The van der Waals surface area contributed by atoms with E-state index in [0.29, 0.717) is 5.70 Å². The summed E-state index contributed by atoms with van der Waals surface area (Å²) in [5, 5.41) is 9.80. The molecule has 0 spiro atoms. The van der Waals surface area contributed by atoms with Crippen molar-refractivity contribution in [1.82, 2.24) is 0 Å². The lowest BCUT2D eigenvalue weighted by molar-refractivity contribution is -0.116. The second-order valence-corrected chi connectivity index (χ2v) is 3.99. The molecule has 3 heteroatoms. The molecule has 16 heavy (non-hydrogen) atoms. The summed E-state index contributed by atoms with van der Waals surface area (Å²) in [5.41, 5.74) is 7.72. The van der Waals surface area contributed by atoms with Crippen molar-refractivity contribution in [1.29, 1.82) is 0 Å². The Labute approximate surface area is 95.6 Å². The third kappa shape index (κ3) is 3.87. The molecule has 1 atom stereocenters. The van der Waals surface area contributed by atoms with Crippen LogP contribution >= 0.6 is 0 Å². The van der Waals surface area contributed by atoms with Gasteiger partial charge in [-0.3, -0.25) is 4.79 Å². The third-order valence-electron chi connectivity index (χ3n) is 2.25. The van der Waals surface area contributed by atoms with E-state index in [0.717, 1.165) is 11.1 Å². The summed E-state index contributed by atoms with van der Waals surface area (Å²) in [7, 11) is 0. The maximum absolute atomic E-state index is 11.4. The molecule has 0 aliphatic carbocycles. The Morgan fingerprint density at radius 1 is 1.44 bits per heavy atom. The summed E-state index contributed by atoms with van der Waals surface area (Å²) in [4.78, 5) is 11.4. The van der Waals surface area contributed by atoms with Gasteiger partial charge in [0.2, 0.25) is 0 Å². The van der Waals surface area contributed by atoms with E-state index in [1.54, 1.807) is 6.92 Å². The van der Waals surface area contributed by atoms with Crippen LogP contribution in [0.1, 0.15) is 30.6 Å². The fraction of sp³-hybridized carbons (Fsp3) is 0.308. The van der Waals surface area contributed by atoms with Gasteiger partial charge in [-0.15, -0.1) is 0 Å². The van der Waals surface area contributed by atoms with Gasteiger partial charge in [0.05, 0.1) is 6.10 Å². The van der Waals surface area contributed by atoms with Crippen LogP contribution in [0.2, 0.25) is 0 Å². The van der Waals surface area contributed by atoms with Crippen molar-refractivity contribution < 1.29 is 9.90 Å². The van der Waals surface area contributed by atoms with E-state index in [4.69, 9.17) is 5.73 Å². The molecule has 0 aromatic heterocycles. The van der Waals surface area contributed by atoms with Crippen LogP contribution in [0, 0.1) is 6.92 Å². The Bertz CT molecular complexity index is 389. The van der Waals surface area contributed by atoms with Gasteiger partial charge in [0, 0.05) is 12.1 Å². The molecule has 0 aliphatic rings. The molecule has 0 amide bonds. The average Bonchev–Trinajstić information content (AvgIpc) is 2.16. The van der Waals surface area contributed by atoms with Crippen LogP contribution in [-0.2, 0) is 4.79 Å². The number of benzene rings is 1. The highest BCUT2D eigenvalue weighted by molar-refractivity contribution is 5.90. The molecule has 0 aliphatic heterocycles. The monoisotopic (exact) mass is 219 g/mol. The van der Waals surface area contributed by atoms with E-state index in [2.05, 4.69) is 0 Å². The minimum Gasteiger partial charge on any atom is -0.402 e. The van der Waals surface area contributed by atoms with Crippen molar-refractivity contribution in [3.8, 4) is 0 Å². The number of allylic oxidation sites excluding steroid dienone is 2. The number of aliphatic hydroxyl groups excluding tert-OH is 1. The largest absolute Gasteiger partial charge is 0.402 e. The van der Waals surface area contributed by atoms with Crippen LogP contribution in [0.15, 0.2) is 36.0 Å². The normalized spacial score (nSPS) is 13.6. The van der Waals surface area contributed by atoms with E-state index in [1.165, 1.54) is 6.08 Å². The van der Waals surface area contributed by atoms with Gasteiger partial charge in [0.1, 0.15) is 0 Å². The van der Waals surface area contributed by atoms with Gasteiger partial charge < -0.3 is 10.8 Å². The lowest BCUT2D eigenvalue weighted by atomic mass is 10.0. The molecule has 0 fully saturated rings. The first-order valence-corrected chi connectivity index (χ1v) is 5.20. The van der Waals surface area contributed by atoms with Gasteiger partial charge in [-0.05, 0) is 25.5 Å². The molecular formula is C13H17NO2. The van der Waals surface area contributed by atoms with Crippen LogP contribution in [0.3, 0.4) is 0 Å². The smallest absolute Gasteiger partial charge is 0.160 e. The molecule has 0 bridgehead atoms. The summed E-state index contributed by atoms with van der Waals surface area (Å²) < 4.78 is 0. The second-order valence-electron chi connectivity index (χ2n) is 3.99. The first-order valence-electron chi connectivity index (χ1n) is 5.20. The van der Waals surface area contributed by atoms with Crippen molar-refractivity contribution in [2.45, 2.75) is 26.4 Å². The topological polar surface area (TPSA) is 63.3 Å². The van der Waals surface area contributed by atoms with Crippen molar-refractivity contribution >= 4 is 5.78 Å². The number of aliphatic hydroxyl groups is 1. The molecule has 1 aromatic rings. The van der Waals surface area contributed by atoms with E-state index in [-0.39, 0.29) is 12.2 Å². The summed E-state index contributed by atoms with van der Waals surface area (Å²) in [5.74, 6) is -0.159. The minimum absolute atomic E-state index is 0.0671. The Morgan fingerprint density at radius 2 is 2.00 bits per heavy atom. The van der Waals surface area contributed by atoms with Crippen LogP contribution in [0.5, 0.6) is 0 Å². The van der Waals surface area contributed by atoms with E-state index < -0.39 is 6.10 Å². The van der Waals surface area contributed by atoms with Crippen LogP contribution in [0.4, 0.5) is 0 Å². The van der Waals surface area contributed by atoms with Crippen LogP contribution in [0.25, 0.3) is 0 Å². The molecular weight excluding hydrogens is 202 g/mol. The highest BCUT2D eigenvalue weighted by atomic mass is 16.3. The number of aryl methyl sites for hydroxylation is 1. The first-order chi connectivity index (χ1) is 7.49. The number of hydrogen-bond acceptors (Lipinski definition) is 3. The van der Waals surface area contributed by atoms with Gasteiger partial charge >= 0.3 is 0 Å². The van der Waals surface area contributed by atoms with Crippen molar-refractivity contribution in [2.75, 3.05) is 0 Å². The van der Waals surface area contributed by atoms with Crippen LogP contribution < -0.4 is 5.73 Å². The van der Waals surface area contributed by atoms with E-state index in [9.17, 15) is 9.90 Å². The molecule has 3 N–H and O–H groups in total. The zero-order valence-corrected chi connectivity index (χ0v) is 9.60. The lowest BCUT2D eigenvalue weighted by Crippen LogP contribution is -2.06.